The van der Waals surface area contributed by atoms with Crippen LogP contribution in [0.2, 0.25) is 0 Å². The lowest BCUT2D eigenvalue weighted by Crippen LogP contribution is -2.40. The number of hydrogen-bond donors (Lipinski definition) is 2. The summed E-state index contributed by atoms with van der Waals surface area (Å²) in [6.45, 7) is 12.1. The second kappa shape index (κ2) is 11.2. The van der Waals surface area contributed by atoms with Crippen molar-refractivity contribution in [3.05, 3.63) is 0 Å². The Morgan fingerprint density at radius 1 is 1.35 bits per heavy atom. The first-order chi connectivity index (χ1) is 9.76. The molecule has 0 saturated carbocycles. The van der Waals surface area contributed by atoms with Gasteiger partial charge in [0.2, 0.25) is 0 Å². The fraction of sp³-hybridized carbons (Fsp3) is 0.929. The summed E-state index contributed by atoms with van der Waals surface area (Å²) in [6.07, 6.45) is 2.12. The molecule has 0 aromatic rings. The summed E-state index contributed by atoms with van der Waals surface area (Å²) in [4.78, 5) is 7.15. The second-order valence-corrected chi connectivity index (χ2v) is 6.14. The molecule has 0 bridgehead atoms. The zero-order valence-corrected chi connectivity index (χ0v) is 14.0. The van der Waals surface area contributed by atoms with Crippen molar-refractivity contribution in [1.82, 2.24) is 15.5 Å². The molecule has 0 aromatic carbocycles. The molecule has 1 fully saturated rings. The van der Waals surface area contributed by atoms with E-state index in [-0.39, 0.29) is 0 Å². The lowest BCUT2D eigenvalue weighted by atomic mass is 10.1. The molecule has 1 aliphatic heterocycles. The van der Waals surface area contributed by atoms with Crippen LogP contribution in [-0.4, -0.2) is 75.4 Å². The van der Waals surface area contributed by atoms with E-state index in [1.807, 2.05) is 11.8 Å². The maximum atomic E-state index is 5.38. The van der Waals surface area contributed by atoms with Gasteiger partial charge in [-0.15, -0.1) is 0 Å². The van der Waals surface area contributed by atoms with Gasteiger partial charge in [-0.05, 0) is 19.1 Å². The van der Waals surface area contributed by atoms with E-state index >= 15 is 0 Å². The van der Waals surface area contributed by atoms with Crippen molar-refractivity contribution in [3.63, 3.8) is 0 Å². The highest BCUT2D eigenvalue weighted by atomic mass is 32.2. The molecule has 1 saturated heterocycles. The molecule has 0 amide bonds. The van der Waals surface area contributed by atoms with Gasteiger partial charge in [0, 0.05) is 45.0 Å². The van der Waals surface area contributed by atoms with E-state index in [2.05, 4.69) is 40.6 Å². The quantitative estimate of drug-likeness (QED) is 0.396. The Bertz CT molecular complexity index is 270. The molecule has 20 heavy (non-hydrogen) atoms. The molecule has 1 heterocycles. The second-order valence-electron chi connectivity index (χ2n) is 5.16. The Labute approximate surface area is 127 Å². The molecular weight excluding hydrogens is 272 g/mol. The lowest BCUT2D eigenvalue weighted by Gasteiger charge is -2.28. The standard InChI is InChI=1S/C14H30N4OS/c1-4-15-14(16-5-10-20-3)17-11-13(2)12-18-6-8-19-9-7-18/h13H,4-12H2,1-3H3,(H2,15,16,17). The van der Waals surface area contributed by atoms with Crippen molar-refractivity contribution in [2.45, 2.75) is 13.8 Å². The first-order valence-electron chi connectivity index (χ1n) is 7.57. The van der Waals surface area contributed by atoms with Crippen LogP contribution in [0, 0.1) is 5.92 Å². The molecule has 1 unspecified atom stereocenters. The summed E-state index contributed by atoms with van der Waals surface area (Å²) in [6, 6.07) is 0. The third-order valence-electron chi connectivity index (χ3n) is 3.18. The predicted molar refractivity (Wildman–Crippen MR) is 88.8 cm³/mol. The molecule has 0 aromatic heterocycles. The number of nitrogens with zero attached hydrogens (tertiary/aromatic N) is 2. The fourth-order valence-corrected chi connectivity index (χ4v) is 2.45. The molecule has 1 atom stereocenters. The van der Waals surface area contributed by atoms with Crippen LogP contribution in [-0.2, 0) is 4.74 Å². The highest BCUT2D eigenvalue weighted by molar-refractivity contribution is 7.98. The summed E-state index contributed by atoms with van der Waals surface area (Å²) in [5, 5.41) is 6.66. The van der Waals surface area contributed by atoms with E-state index in [9.17, 15) is 0 Å². The molecule has 0 radical (unpaired) electrons. The van der Waals surface area contributed by atoms with Crippen molar-refractivity contribution in [2.75, 3.05) is 64.5 Å². The molecule has 5 nitrogen and oxygen atoms in total. The summed E-state index contributed by atoms with van der Waals surface area (Å²) >= 11 is 1.85. The fourth-order valence-electron chi connectivity index (χ4n) is 2.14. The monoisotopic (exact) mass is 302 g/mol. The highest BCUT2D eigenvalue weighted by Gasteiger charge is 2.13. The largest absolute Gasteiger partial charge is 0.379 e. The van der Waals surface area contributed by atoms with Crippen LogP contribution in [0.4, 0.5) is 0 Å². The van der Waals surface area contributed by atoms with Gasteiger partial charge in [0.1, 0.15) is 0 Å². The van der Waals surface area contributed by atoms with Gasteiger partial charge in [-0.1, -0.05) is 6.92 Å². The summed E-state index contributed by atoms with van der Waals surface area (Å²) in [5.74, 6) is 2.62. The Morgan fingerprint density at radius 2 is 2.10 bits per heavy atom. The number of aliphatic imine (C=N–C) groups is 1. The van der Waals surface area contributed by atoms with Gasteiger partial charge in [-0.2, -0.15) is 11.8 Å². The van der Waals surface area contributed by atoms with E-state index in [0.717, 1.165) is 64.2 Å². The number of thioether (sulfide) groups is 1. The maximum absolute atomic E-state index is 5.38. The van der Waals surface area contributed by atoms with Crippen LogP contribution in [0.25, 0.3) is 0 Å². The van der Waals surface area contributed by atoms with Gasteiger partial charge < -0.3 is 15.4 Å². The van der Waals surface area contributed by atoms with Crippen LogP contribution >= 0.6 is 11.8 Å². The molecule has 1 aliphatic rings. The highest BCUT2D eigenvalue weighted by Crippen LogP contribution is 2.03. The minimum absolute atomic E-state index is 0.573. The maximum Gasteiger partial charge on any atom is 0.191 e. The summed E-state index contributed by atoms with van der Waals surface area (Å²) in [5.41, 5.74) is 0. The molecule has 6 heteroatoms. The zero-order chi connectivity index (χ0) is 14.6. The minimum Gasteiger partial charge on any atom is -0.379 e. The molecule has 0 spiro atoms. The number of hydrogen-bond acceptors (Lipinski definition) is 4. The number of nitrogens with one attached hydrogen (secondary N) is 2. The summed E-state index contributed by atoms with van der Waals surface area (Å²) < 4.78 is 5.38. The van der Waals surface area contributed by atoms with Crippen LogP contribution in [0.3, 0.4) is 0 Å². The molecule has 118 valence electrons. The molecule has 0 aliphatic carbocycles. The number of ether oxygens (including phenoxy) is 1. The van der Waals surface area contributed by atoms with Crippen LogP contribution in [0.15, 0.2) is 4.99 Å². The minimum atomic E-state index is 0.573. The molecular formula is C14H30N4OS. The van der Waals surface area contributed by atoms with Crippen molar-refractivity contribution in [1.29, 1.82) is 0 Å². The normalized spacial score (nSPS) is 18.9. The van der Waals surface area contributed by atoms with E-state index in [4.69, 9.17) is 4.74 Å². The Balaban J connectivity index is 2.28. The first-order valence-corrected chi connectivity index (χ1v) is 8.96. The van der Waals surface area contributed by atoms with Gasteiger partial charge >= 0.3 is 0 Å². The Morgan fingerprint density at radius 3 is 2.75 bits per heavy atom. The predicted octanol–water partition coefficient (Wildman–Crippen LogP) is 0.873. The number of guanidine groups is 1. The average molecular weight is 302 g/mol. The smallest absolute Gasteiger partial charge is 0.191 e. The Hall–Kier alpha value is -0.460. The van der Waals surface area contributed by atoms with E-state index in [1.54, 1.807) is 0 Å². The third kappa shape index (κ3) is 7.97. The van der Waals surface area contributed by atoms with Gasteiger partial charge in [-0.3, -0.25) is 9.89 Å². The van der Waals surface area contributed by atoms with Gasteiger partial charge in [-0.25, -0.2) is 0 Å². The van der Waals surface area contributed by atoms with E-state index < -0.39 is 0 Å². The van der Waals surface area contributed by atoms with Crippen molar-refractivity contribution in [3.8, 4) is 0 Å². The summed E-state index contributed by atoms with van der Waals surface area (Å²) in [7, 11) is 0. The third-order valence-corrected chi connectivity index (χ3v) is 3.79. The molecule has 2 N–H and O–H groups in total. The van der Waals surface area contributed by atoms with Crippen molar-refractivity contribution < 1.29 is 4.74 Å². The van der Waals surface area contributed by atoms with Gasteiger partial charge in [0.25, 0.3) is 0 Å². The van der Waals surface area contributed by atoms with Gasteiger partial charge in [0.05, 0.1) is 13.2 Å². The van der Waals surface area contributed by atoms with Crippen LogP contribution < -0.4 is 10.6 Å². The number of rotatable bonds is 8. The zero-order valence-electron chi connectivity index (χ0n) is 13.2. The topological polar surface area (TPSA) is 48.9 Å². The number of morpholine rings is 1. The van der Waals surface area contributed by atoms with Crippen molar-refractivity contribution in [2.24, 2.45) is 10.9 Å². The lowest BCUT2D eigenvalue weighted by molar-refractivity contribution is 0.0323. The molecule has 1 rings (SSSR count). The van der Waals surface area contributed by atoms with Gasteiger partial charge in [0.15, 0.2) is 5.96 Å². The van der Waals surface area contributed by atoms with Crippen LogP contribution in [0.5, 0.6) is 0 Å². The van der Waals surface area contributed by atoms with E-state index in [1.165, 1.54) is 0 Å². The van der Waals surface area contributed by atoms with Crippen LogP contribution in [0.1, 0.15) is 13.8 Å². The van der Waals surface area contributed by atoms with E-state index in [0.29, 0.717) is 5.92 Å². The Kier molecular flexibility index (Phi) is 9.87. The SMILES string of the molecule is CCNC(=NCC(C)CN1CCOCC1)NCCSC. The van der Waals surface area contributed by atoms with Crippen molar-refractivity contribution >= 4 is 17.7 Å². The first kappa shape index (κ1) is 17.6. The average Bonchev–Trinajstić information content (AvgIpc) is 2.46.